The molecule has 0 aliphatic heterocycles. The Hall–Kier alpha value is -1.84. The van der Waals surface area contributed by atoms with Crippen LogP contribution >= 0.6 is 0 Å². The highest BCUT2D eigenvalue weighted by atomic mass is 16.4. The summed E-state index contributed by atoms with van der Waals surface area (Å²) >= 11 is 0. The third kappa shape index (κ3) is 6.60. The van der Waals surface area contributed by atoms with Gasteiger partial charge in [0.05, 0.1) is 6.42 Å². The van der Waals surface area contributed by atoms with Crippen molar-refractivity contribution in [2.45, 2.75) is 44.9 Å². The lowest BCUT2D eigenvalue weighted by Gasteiger charge is -2.07. The maximum absolute atomic E-state index is 10.7. The fraction of sp³-hybridized carbons (Fsp3) is 0.467. The SMILES string of the molecule is O=C(O)CCCCCCc1ccccc1CC(=O)O. The molecule has 2 N–H and O–H groups in total. The summed E-state index contributed by atoms with van der Waals surface area (Å²) in [5.74, 6) is -1.55. The summed E-state index contributed by atoms with van der Waals surface area (Å²) in [5, 5.41) is 17.3. The van der Waals surface area contributed by atoms with Gasteiger partial charge in [-0.3, -0.25) is 9.59 Å². The molecule has 1 aromatic rings. The van der Waals surface area contributed by atoms with Crippen LogP contribution in [0.3, 0.4) is 0 Å². The third-order valence-electron chi connectivity index (χ3n) is 3.05. The topological polar surface area (TPSA) is 74.6 Å². The minimum Gasteiger partial charge on any atom is -0.481 e. The van der Waals surface area contributed by atoms with E-state index in [0.717, 1.165) is 36.8 Å². The minimum atomic E-state index is -0.811. The van der Waals surface area contributed by atoms with E-state index < -0.39 is 11.9 Å². The number of aliphatic carboxylic acids is 2. The van der Waals surface area contributed by atoms with Crippen LogP contribution < -0.4 is 0 Å². The van der Waals surface area contributed by atoms with Gasteiger partial charge in [-0.15, -0.1) is 0 Å². The van der Waals surface area contributed by atoms with Gasteiger partial charge in [0.15, 0.2) is 0 Å². The van der Waals surface area contributed by atoms with E-state index in [-0.39, 0.29) is 12.8 Å². The molecule has 0 fully saturated rings. The molecule has 0 radical (unpaired) electrons. The second-order valence-electron chi connectivity index (χ2n) is 4.65. The zero-order valence-electron chi connectivity index (χ0n) is 11.0. The Bertz CT molecular complexity index is 426. The van der Waals surface area contributed by atoms with Crippen LogP contribution in [0.15, 0.2) is 24.3 Å². The van der Waals surface area contributed by atoms with Crippen LogP contribution in [0.5, 0.6) is 0 Å². The van der Waals surface area contributed by atoms with E-state index in [4.69, 9.17) is 10.2 Å². The molecule has 0 aromatic heterocycles. The summed E-state index contributed by atoms with van der Waals surface area (Å²) in [6.45, 7) is 0. The highest BCUT2D eigenvalue weighted by Gasteiger charge is 2.05. The zero-order valence-corrected chi connectivity index (χ0v) is 11.0. The maximum Gasteiger partial charge on any atom is 0.307 e. The normalized spacial score (nSPS) is 10.3. The van der Waals surface area contributed by atoms with Gasteiger partial charge < -0.3 is 10.2 Å². The van der Waals surface area contributed by atoms with E-state index in [0.29, 0.717) is 6.42 Å². The largest absolute Gasteiger partial charge is 0.481 e. The Labute approximate surface area is 113 Å². The molecule has 0 aliphatic carbocycles. The summed E-state index contributed by atoms with van der Waals surface area (Å²) in [6, 6.07) is 7.60. The Morgan fingerprint density at radius 3 is 2.11 bits per heavy atom. The Balaban J connectivity index is 2.32. The average Bonchev–Trinajstić information content (AvgIpc) is 2.34. The number of carboxylic acids is 2. The number of hydrogen-bond donors (Lipinski definition) is 2. The predicted octanol–water partition coefficient (Wildman–Crippen LogP) is 2.89. The fourth-order valence-corrected chi connectivity index (χ4v) is 2.08. The highest BCUT2D eigenvalue weighted by Crippen LogP contribution is 2.14. The van der Waals surface area contributed by atoms with Crippen molar-refractivity contribution in [1.82, 2.24) is 0 Å². The molecule has 0 spiro atoms. The van der Waals surface area contributed by atoms with Crippen molar-refractivity contribution in [3.8, 4) is 0 Å². The van der Waals surface area contributed by atoms with Gasteiger partial charge >= 0.3 is 11.9 Å². The van der Waals surface area contributed by atoms with Crippen molar-refractivity contribution in [3.63, 3.8) is 0 Å². The molecule has 0 heterocycles. The number of carbonyl (C=O) groups is 2. The Kier molecular flexibility index (Phi) is 6.64. The lowest BCUT2D eigenvalue weighted by molar-refractivity contribution is -0.137. The summed E-state index contributed by atoms with van der Waals surface area (Å²) in [7, 11) is 0. The molecular weight excluding hydrogens is 244 g/mol. The second-order valence-corrected chi connectivity index (χ2v) is 4.65. The summed E-state index contributed by atoms with van der Waals surface area (Å²) in [4.78, 5) is 21.1. The molecule has 19 heavy (non-hydrogen) atoms. The molecule has 4 nitrogen and oxygen atoms in total. The van der Waals surface area contributed by atoms with Gasteiger partial charge in [0.25, 0.3) is 0 Å². The predicted molar refractivity (Wildman–Crippen MR) is 72.2 cm³/mol. The van der Waals surface area contributed by atoms with Gasteiger partial charge in [-0.05, 0) is 30.4 Å². The van der Waals surface area contributed by atoms with Crippen LogP contribution in [-0.4, -0.2) is 22.2 Å². The second kappa shape index (κ2) is 8.29. The van der Waals surface area contributed by atoms with E-state index in [1.807, 2.05) is 24.3 Å². The Morgan fingerprint density at radius 1 is 0.842 bits per heavy atom. The quantitative estimate of drug-likeness (QED) is 0.672. The number of aryl methyl sites for hydroxylation is 1. The number of unbranched alkanes of at least 4 members (excludes halogenated alkanes) is 3. The van der Waals surface area contributed by atoms with E-state index in [1.165, 1.54) is 0 Å². The van der Waals surface area contributed by atoms with Crippen LogP contribution in [0, 0.1) is 0 Å². The van der Waals surface area contributed by atoms with Crippen molar-refractivity contribution >= 4 is 11.9 Å². The van der Waals surface area contributed by atoms with Crippen molar-refractivity contribution < 1.29 is 19.8 Å². The minimum absolute atomic E-state index is 0.0647. The van der Waals surface area contributed by atoms with Gasteiger partial charge in [-0.1, -0.05) is 37.1 Å². The molecule has 0 bridgehead atoms. The summed E-state index contributed by atoms with van der Waals surface area (Å²) in [5.41, 5.74) is 1.96. The molecule has 0 amide bonds. The van der Waals surface area contributed by atoms with Gasteiger partial charge in [0.1, 0.15) is 0 Å². The van der Waals surface area contributed by atoms with Crippen LogP contribution in [-0.2, 0) is 22.4 Å². The van der Waals surface area contributed by atoms with Crippen LogP contribution in [0.1, 0.15) is 43.2 Å². The first-order chi connectivity index (χ1) is 9.09. The van der Waals surface area contributed by atoms with Gasteiger partial charge in [0, 0.05) is 6.42 Å². The van der Waals surface area contributed by atoms with Crippen molar-refractivity contribution in [2.24, 2.45) is 0 Å². The highest BCUT2D eigenvalue weighted by molar-refractivity contribution is 5.70. The first kappa shape index (κ1) is 15.2. The van der Waals surface area contributed by atoms with Gasteiger partial charge in [-0.25, -0.2) is 0 Å². The molecule has 0 saturated heterocycles. The standard InChI is InChI=1S/C15H20O4/c16-14(17)10-4-2-1-3-7-12-8-5-6-9-13(12)11-15(18)19/h5-6,8-9H,1-4,7,10-11H2,(H,16,17)(H,18,19). The molecule has 104 valence electrons. The molecule has 1 aromatic carbocycles. The molecule has 0 aliphatic rings. The lowest BCUT2D eigenvalue weighted by atomic mass is 9.99. The van der Waals surface area contributed by atoms with Crippen molar-refractivity contribution in [2.75, 3.05) is 0 Å². The first-order valence-electron chi connectivity index (χ1n) is 6.60. The maximum atomic E-state index is 10.7. The number of rotatable bonds is 9. The van der Waals surface area contributed by atoms with E-state index in [1.54, 1.807) is 0 Å². The molecule has 0 atom stereocenters. The smallest absolute Gasteiger partial charge is 0.307 e. The fourth-order valence-electron chi connectivity index (χ4n) is 2.08. The van der Waals surface area contributed by atoms with Crippen molar-refractivity contribution in [1.29, 1.82) is 0 Å². The third-order valence-corrected chi connectivity index (χ3v) is 3.05. The van der Waals surface area contributed by atoms with Gasteiger partial charge in [-0.2, -0.15) is 0 Å². The average molecular weight is 264 g/mol. The van der Waals surface area contributed by atoms with E-state index >= 15 is 0 Å². The van der Waals surface area contributed by atoms with Crippen molar-refractivity contribution in [3.05, 3.63) is 35.4 Å². The monoisotopic (exact) mass is 264 g/mol. The zero-order chi connectivity index (χ0) is 14.1. The summed E-state index contributed by atoms with van der Waals surface area (Å²) in [6.07, 6.45) is 4.73. The van der Waals surface area contributed by atoms with E-state index in [2.05, 4.69) is 0 Å². The first-order valence-corrected chi connectivity index (χ1v) is 6.60. The number of benzene rings is 1. The van der Waals surface area contributed by atoms with Crippen LogP contribution in [0.2, 0.25) is 0 Å². The van der Waals surface area contributed by atoms with Crippen LogP contribution in [0.4, 0.5) is 0 Å². The Morgan fingerprint density at radius 2 is 1.47 bits per heavy atom. The van der Waals surface area contributed by atoms with E-state index in [9.17, 15) is 9.59 Å². The summed E-state index contributed by atoms with van der Waals surface area (Å²) < 4.78 is 0. The number of carboxylic acid groups (broad SMARTS) is 2. The van der Waals surface area contributed by atoms with Crippen LogP contribution in [0.25, 0.3) is 0 Å². The molecule has 1 rings (SSSR count). The molecule has 0 saturated carbocycles. The van der Waals surface area contributed by atoms with Gasteiger partial charge in [0.2, 0.25) is 0 Å². The molecule has 0 unspecified atom stereocenters. The number of hydrogen-bond acceptors (Lipinski definition) is 2. The molecular formula is C15H20O4. The lowest BCUT2D eigenvalue weighted by Crippen LogP contribution is -2.03. The molecule has 4 heteroatoms.